The van der Waals surface area contributed by atoms with Crippen molar-refractivity contribution in [1.29, 1.82) is 0 Å². The van der Waals surface area contributed by atoms with Gasteiger partial charge < -0.3 is 5.32 Å². The van der Waals surface area contributed by atoms with E-state index in [0.717, 1.165) is 13.1 Å². The molecule has 9 heavy (non-hydrogen) atoms. The summed E-state index contributed by atoms with van der Waals surface area (Å²) in [5, 5.41) is 5.05. The highest BCUT2D eigenvalue weighted by atomic mass is 15.4. The van der Waals surface area contributed by atoms with Crippen LogP contribution in [-0.4, -0.2) is 31.2 Å². The number of rotatable bonds is 2. The molecule has 1 fully saturated rings. The van der Waals surface area contributed by atoms with E-state index >= 15 is 0 Å². The van der Waals surface area contributed by atoms with Gasteiger partial charge >= 0.3 is 0 Å². The minimum Gasteiger partial charge on any atom is -0.318 e. The molecule has 1 atom stereocenters. The minimum atomic E-state index is 0.579. The second-order valence-electron chi connectivity index (χ2n) is 2.59. The van der Waals surface area contributed by atoms with Gasteiger partial charge in [-0.1, -0.05) is 0 Å². The van der Waals surface area contributed by atoms with E-state index in [1.165, 1.54) is 12.8 Å². The lowest BCUT2D eigenvalue weighted by atomic mass is 10.2. The van der Waals surface area contributed by atoms with Gasteiger partial charge in [-0.15, -0.1) is 0 Å². The van der Waals surface area contributed by atoms with Gasteiger partial charge in [0, 0.05) is 19.1 Å². The second-order valence-corrected chi connectivity index (χ2v) is 2.59. The van der Waals surface area contributed by atoms with Crippen LogP contribution in [-0.2, 0) is 0 Å². The highest BCUT2D eigenvalue weighted by Crippen LogP contribution is 2.10. The molecule has 1 saturated heterocycles. The number of nitrogens with one attached hydrogen (secondary N) is 1. The average molecular weight is 129 g/mol. The molecule has 0 bridgehead atoms. The van der Waals surface area contributed by atoms with Crippen molar-refractivity contribution in [2.75, 3.05) is 20.1 Å². The Balaban J connectivity index is 2.22. The summed E-state index contributed by atoms with van der Waals surface area (Å²) in [5.41, 5.74) is 0. The Bertz CT molecular complexity index is 84.4. The quantitative estimate of drug-likeness (QED) is 0.496. The molecule has 0 aromatic carbocycles. The van der Waals surface area contributed by atoms with Gasteiger partial charge in [-0.2, -0.15) is 0 Å². The lowest BCUT2D eigenvalue weighted by Gasteiger charge is -2.17. The standard InChI is InChI=1S/C6H15N3/c1-8-5-6-3-2-4-9(6)7/h6,8H,2-5,7H2,1H3. The SMILES string of the molecule is CNCC1CCCN1N. The largest absolute Gasteiger partial charge is 0.318 e. The molecule has 1 heterocycles. The lowest BCUT2D eigenvalue weighted by Crippen LogP contribution is -2.41. The Morgan fingerprint density at radius 3 is 3.00 bits per heavy atom. The molecule has 3 nitrogen and oxygen atoms in total. The van der Waals surface area contributed by atoms with Gasteiger partial charge in [0.15, 0.2) is 0 Å². The first-order valence-corrected chi connectivity index (χ1v) is 3.50. The van der Waals surface area contributed by atoms with Crippen LogP contribution < -0.4 is 11.2 Å². The van der Waals surface area contributed by atoms with Crippen LogP contribution >= 0.6 is 0 Å². The summed E-state index contributed by atoms with van der Waals surface area (Å²) in [6, 6.07) is 0.579. The molecule has 0 amide bonds. The third-order valence-electron chi connectivity index (χ3n) is 1.86. The Kier molecular flexibility index (Phi) is 2.45. The van der Waals surface area contributed by atoms with E-state index in [-0.39, 0.29) is 0 Å². The molecule has 0 saturated carbocycles. The third-order valence-corrected chi connectivity index (χ3v) is 1.86. The van der Waals surface area contributed by atoms with Crippen LogP contribution in [0.2, 0.25) is 0 Å². The highest BCUT2D eigenvalue weighted by Gasteiger charge is 2.19. The highest BCUT2D eigenvalue weighted by molar-refractivity contribution is 4.75. The van der Waals surface area contributed by atoms with Crippen molar-refractivity contribution in [2.45, 2.75) is 18.9 Å². The van der Waals surface area contributed by atoms with Crippen molar-refractivity contribution in [3.8, 4) is 0 Å². The average Bonchev–Trinajstić information content (AvgIpc) is 2.18. The van der Waals surface area contributed by atoms with E-state index in [4.69, 9.17) is 5.84 Å². The normalized spacial score (nSPS) is 29.3. The molecule has 0 aromatic heterocycles. The minimum absolute atomic E-state index is 0.579. The monoisotopic (exact) mass is 129 g/mol. The molecule has 0 spiro atoms. The first-order chi connectivity index (χ1) is 4.34. The van der Waals surface area contributed by atoms with Gasteiger partial charge in [-0.3, -0.25) is 5.84 Å². The molecule has 3 N–H and O–H groups in total. The second kappa shape index (κ2) is 3.15. The van der Waals surface area contributed by atoms with Crippen LogP contribution in [0.5, 0.6) is 0 Å². The molecular formula is C6H15N3. The fourth-order valence-corrected chi connectivity index (χ4v) is 1.31. The van der Waals surface area contributed by atoms with E-state index in [1.54, 1.807) is 0 Å². The molecule has 1 aliphatic rings. The third kappa shape index (κ3) is 1.64. The summed E-state index contributed by atoms with van der Waals surface area (Å²) in [6.45, 7) is 2.09. The van der Waals surface area contributed by atoms with Crippen molar-refractivity contribution in [1.82, 2.24) is 10.3 Å². The molecule has 0 radical (unpaired) electrons. The van der Waals surface area contributed by atoms with Crippen molar-refractivity contribution >= 4 is 0 Å². The molecule has 1 unspecified atom stereocenters. The van der Waals surface area contributed by atoms with Crippen molar-refractivity contribution < 1.29 is 0 Å². The van der Waals surface area contributed by atoms with Crippen LogP contribution in [0.15, 0.2) is 0 Å². The zero-order valence-corrected chi connectivity index (χ0v) is 5.93. The molecule has 1 aliphatic heterocycles. The summed E-state index contributed by atoms with van der Waals surface area (Å²) in [6.07, 6.45) is 2.50. The molecule has 3 heteroatoms. The van der Waals surface area contributed by atoms with E-state index in [2.05, 4.69) is 5.32 Å². The van der Waals surface area contributed by atoms with E-state index in [1.807, 2.05) is 12.1 Å². The molecule has 1 rings (SSSR count). The fraction of sp³-hybridized carbons (Fsp3) is 1.00. The summed E-state index contributed by atoms with van der Waals surface area (Å²) < 4.78 is 0. The van der Waals surface area contributed by atoms with Crippen molar-refractivity contribution in [3.63, 3.8) is 0 Å². The summed E-state index contributed by atoms with van der Waals surface area (Å²) in [4.78, 5) is 0. The maximum absolute atomic E-state index is 5.66. The molecule has 0 aromatic rings. The summed E-state index contributed by atoms with van der Waals surface area (Å²) in [5.74, 6) is 5.66. The fourth-order valence-electron chi connectivity index (χ4n) is 1.31. The van der Waals surface area contributed by atoms with E-state index in [0.29, 0.717) is 6.04 Å². The first-order valence-electron chi connectivity index (χ1n) is 3.50. The van der Waals surface area contributed by atoms with Gasteiger partial charge in [0.2, 0.25) is 0 Å². The van der Waals surface area contributed by atoms with Gasteiger partial charge in [0.25, 0.3) is 0 Å². The number of hydrogen-bond acceptors (Lipinski definition) is 3. The number of nitrogens with zero attached hydrogens (tertiary/aromatic N) is 1. The van der Waals surface area contributed by atoms with Crippen molar-refractivity contribution in [2.24, 2.45) is 5.84 Å². The summed E-state index contributed by atoms with van der Waals surface area (Å²) >= 11 is 0. The Morgan fingerprint density at radius 1 is 1.78 bits per heavy atom. The maximum Gasteiger partial charge on any atom is 0.0366 e. The first kappa shape index (κ1) is 6.99. The molecular weight excluding hydrogens is 114 g/mol. The van der Waals surface area contributed by atoms with Crippen molar-refractivity contribution in [3.05, 3.63) is 0 Å². The van der Waals surface area contributed by atoms with Gasteiger partial charge in [0.05, 0.1) is 0 Å². The number of nitrogens with two attached hydrogens (primary N) is 1. The van der Waals surface area contributed by atoms with Crippen LogP contribution in [0.25, 0.3) is 0 Å². The number of likely N-dealkylation sites (N-methyl/N-ethyl adjacent to an activating group) is 1. The van der Waals surface area contributed by atoms with Crippen LogP contribution in [0.4, 0.5) is 0 Å². The zero-order valence-electron chi connectivity index (χ0n) is 5.93. The predicted octanol–water partition coefficient (Wildman–Crippen LogP) is -0.456. The smallest absolute Gasteiger partial charge is 0.0366 e. The lowest BCUT2D eigenvalue weighted by molar-refractivity contribution is 0.258. The zero-order chi connectivity index (χ0) is 6.69. The maximum atomic E-state index is 5.66. The predicted molar refractivity (Wildman–Crippen MR) is 37.8 cm³/mol. The molecule has 54 valence electrons. The number of hydrogen-bond donors (Lipinski definition) is 2. The Hall–Kier alpha value is -0.120. The van der Waals surface area contributed by atoms with Crippen LogP contribution in [0.3, 0.4) is 0 Å². The van der Waals surface area contributed by atoms with E-state index < -0.39 is 0 Å². The number of hydrazine groups is 1. The van der Waals surface area contributed by atoms with Crippen LogP contribution in [0.1, 0.15) is 12.8 Å². The Morgan fingerprint density at radius 2 is 2.56 bits per heavy atom. The van der Waals surface area contributed by atoms with Gasteiger partial charge in [-0.05, 0) is 19.9 Å². The summed E-state index contributed by atoms with van der Waals surface area (Å²) in [7, 11) is 1.96. The van der Waals surface area contributed by atoms with Gasteiger partial charge in [-0.25, -0.2) is 5.01 Å². The van der Waals surface area contributed by atoms with E-state index in [9.17, 15) is 0 Å². The van der Waals surface area contributed by atoms with Gasteiger partial charge in [0.1, 0.15) is 0 Å². The molecule has 0 aliphatic carbocycles. The van der Waals surface area contributed by atoms with Crippen LogP contribution in [0, 0.1) is 0 Å². The topological polar surface area (TPSA) is 41.3 Å². The Labute approximate surface area is 56.2 Å².